The summed E-state index contributed by atoms with van der Waals surface area (Å²) in [6.45, 7) is 3.89. The van der Waals surface area contributed by atoms with Crippen molar-refractivity contribution in [2.75, 3.05) is 0 Å². The van der Waals surface area contributed by atoms with Gasteiger partial charge in [0.2, 0.25) is 0 Å². The number of nitrogens with one attached hydrogen (secondary N) is 2. The van der Waals surface area contributed by atoms with E-state index in [9.17, 15) is 14.4 Å². The first-order valence-electron chi connectivity index (χ1n) is 5.09. The van der Waals surface area contributed by atoms with Gasteiger partial charge >= 0.3 is 11.7 Å². The van der Waals surface area contributed by atoms with Gasteiger partial charge in [0, 0.05) is 12.3 Å². The van der Waals surface area contributed by atoms with Crippen molar-refractivity contribution in [3.63, 3.8) is 0 Å². The molecule has 17 heavy (non-hydrogen) atoms. The fraction of sp³-hybridized carbons (Fsp3) is 0.500. The number of hydrogen-bond donors (Lipinski definition) is 4. The summed E-state index contributed by atoms with van der Waals surface area (Å²) in [4.78, 5) is 34.8. The van der Waals surface area contributed by atoms with Gasteiger partial charge in [-0.3, -0.25) is 14.6 Å². The minimum absolute atomic E-state index is 0.357. The molecule has 7 nitrogen and oxygen atoms in total. The molecule has 0 aliphatic carbocycles. The molecule has 5 N–H and O–H groups in total. The summed E-state index contributed by atoms with van der Waals surface area (Å²) >= 11 is 0. The van der Waals surface area contributed by atoms with E-state index in [1.165, 1.54) is 12.3 Å². The molecule has 7 heteroatoms. The average molecular weight is 243 g/mol. The lowest BCUT2D eigenvalue weighted by Gasteiger charge is -2.07. The first-order valence-corrected chi connectivity index (χ1v) is 5.09. The first-order chi connectivity index (χ1) is 7.82. The Kier molecular flexibility index (Phi) is 6.57. The molecule has 0 aliphatic heterocycles. The smallest absolute Gasteiger partial charge is 0.325 e. The molecule has 1 heterocycles. The molecule has 0 spiro atoms. The number of aromatic amines is 2. The van der Waals surface area contributed by atoms with Gasteiger partial charge in [-0.05, 0) is 12.3 Å². The molecular formula is C10H17N3O4. The van der Waals surface area contributed by atoms with Crippen molar-refractivity contribution in [2.45, 2.75) is 26.3 Å². The Morgan fingerprint density at radius 2 is 2.06 bits per heavy atom. The normalized spacial score (nSPS) is 11.5. The molecular weight excluding hydrogens is 226 g/mol. The Hall–Kier alpha value is -1.89. The highest BCUT2D eigenvalue weighted by Crippen LogP contribution is 2.01. The number of carboxylic acid groups (broad SMARTS) is 1. The molecule has 0 fully saturated rings. The Bertz CT molecular complexity index is 424. The summed E-state index contributed by atoms with van der Waals surface area (Å²) in [5.74, 6) is -0.556. The second-order valence-electron chi connectivity index (χ2n) is 3.87. The number of hydrogen-bond acceptors (Lipinski definition) is 4. The predicted octanol–water partition coefficient (Wildman–Crippen LogP) is -0.492. The number of carboxylic acids is 1. The summed E-state index contributed by atoms with van der Waals surface area (Å²) < 4.78 is 0. The van der Waals surface area contributed by atoms with Crippen molar-refractivity contribution in [2.24, 2.45) is 11.7 Å². The number of nitrogens with two attached hydrogens (primary N) is 1. The average Bonchev–Trinajstić information content (AvgIpc) is 2.16. The second kappa shape index (κ2) is 7.39. The van der Waals surface area contributed by atoms with Crippen LogP contribution in [-0.2, 0) is 4.79 Å². The fourth-order valence-electron chi connectivity index (χ4n) is 0.991. The van der Waals surface area contributed by atoms with E-state index in [-0.39, 0.29) is 5.56 Å². The Morgan fingerprint density at radius 3 is 2.29 bits per heavy atom. The van der Waals surface area contributed by atoms with E-state index in [4.69, 9.17) is 10.8 Å². The van der Waals surface area contributed by atoms with Gasteiger partial charge in [0.15, 0.2) is 0 Å². The first kappa shape index (κ1) is 15.1. The van der Waals surface area contributed by atoms with Crippen LogP contribution >= 0.6 is 0 Å². The summed E-state index contributed by atoms with van der Waals surface area (Å²) in [6, 6.07) is 0.548. The van der Waals surface area contributed by atoms with Gasteiger partial charge < -0.3 is 15.8 Å². The third-order valence-corrected chi connectivity index (χ3v) is 1.73. The summed E-state index contributed by atoms with van der Waals surface area (Å²) in [5, 5.41) is 8.31. The van der Waals surface area contributed by atoms with E-state index >= 15 is 0 Å². The largest absolute Gasteiger partial charge is 0.480 e. The highest BCUT2D eigenvalue weighted by molar-refractivity contribution is 5.72. The summed E-state index contributed by atoms with van der Waals surface area (Å²) in [5.41, 5.74) is 4.36. The van der Waals surface area contributed by atoms with E-state index in [0.29, 0.717) is 12.3 Å². The number of aromatic nitrogens is 2. The van der Waals surface area contributed by atoms with Crippen LogP contribution in [0.4, 0.5) is 0 Å². The molecule has 1 atom stereocenters. The monoisotopic (exact) mass is 243 g/mol. The van der Waals surface area contributed by atoms with E-state index in [2.05, 4.69) is 4.98 Å². The highest BCUT2D eigenvalue weighted by Gasteiger charge is 2.11. The lowest BCUT2D eigenvalue weighted by molar-refractivity contribution is -0.138. The molecule has 0 saturated carbocycles. The molecule has 0 aliphatic rings. The number of rotatable bonds is 3. The van der Waals surface area contributed by atoms with Crippen molar-refractivity contribution in [3.05, 3.63) is 33.1 Å². The van der Waals surface area contributed by atoms with E-state index in [1.807, 2.05) is 18.8 Å². The van der Waals surface area contributed by atoms with Crippen molar-refractivity contribution in [3.8, 4) is 0 Å². The van der Waals surface area contributed by atoms with Crippen LogP contribution in [-0.4, -0.2) is 27.1 Å². The molecule has 0 saturated heterocycles. The highest BCUT2D eigenvalue weighted by atomic mass is 16.4. The van der Waals surface area contributed by atoms with Crippen molar-refractivity contribution in [1.82, 2.24) is 9.97 Å². The lowest BCUT2D eigenvalue weighted by atomic mass is 10.1. The topological polar surface area (TPSA) is 129 Å². The van der Waals surface area contributed by atoms with Crippen LogP contribution in [0.15, 0.2) is 21.9 Å². The molecule has 96 valence electrons. The van der Waals surface area contributed by atoms with Crippen molar-refractivity contribution in [1.29, 1.82) is 0 Å². The Morgan fingerprint density at radius 1 is 1.47 bits per heavy atom. The van der Waals surface area contributed by atoms with Crippen LogP contribution in [0.3, 0.4) is 0 Å². The van der Waals surface area contributed by atoms with Gasteiger partial charge in [-0.2, -0.15) is 0 Å². The van der Waals surface area contributed by atoms with Gasteiger partial charge in [-0.1, -0.05) is 13.8 Å². The predicted molar refractivity (Wildman–Crippen MR) is 62.7 cm³/mol. The molecule has 1 aromatic rings. The number of H-pyrrole nitrogens is 2. The SMILES string of the molecule is CC(C)CC(N)C(=O)O.O=c1cc[nH]c(=O)[nH]1. The van der Waals surface area contributed by atoms with Crippen molar-refractivity contribution < 1.29 is 9.90 Å². The third-order valence-electron chi connectivity index (χ3n) is 1.73. The lowest BCUT2D eigenvalue weighted by Crippen LogP contribution is -2.31. The minimum Gasteiger partial charge on any atom is -0.480 e. The van der Waals surface area contributed by atoms with Gasteiger partial charge in [-0.25, -0.2) is 4.79 Å². The molecule has 1 rings (SSSR count). The van der Waals surface area contributed by atoms with Crippen LogP contribution in [0.1, 0.15) is 20.3 Å². The molecule has 0 radical (unpaired) electrons. The minimum atomic E-state index is -0.913. The van der Waals surface area contributed by atoms with Crippen LogP contribution in [0, 0.1) is 5.92 Å². The fourth-order valence-corrected chi connectivity index (χ4v) is 0.991. The molecule has 1 aromatic heterocycles. The van der Waals surface area contributed by atoms with Crippen LogP contribution in [0.5, 0.6) is 0 Å². The van der Waals surface area contributed by atoms with Gasteiger partial charge in [-0.15, -0.1) is 0 Å². The van der Waals surface area contributed by atoms with E-state index in [0.717, 1.165) is 0 Å². The zero-order chi connectivity index (χ0) is 13.4. The standard InChI is InChI=1S/C6H13NO2.C4H4N2O2/c1-4(2)3-5(7)6(8)9;7-3-1-2-5-4(8)6-3/h4-5H,3,7H2,1-2H3,(H,8,9);1-2H,(H2,5,6,7,8). The van der Waals surface area contributed by atoms with Crippen molar-refractivity contribution >= 4 is 5.97 Å². The zero-order valence-electron chi connectivity index (χ0n) is 9.77. The van der Waals surface area contributed by atoms with E-state index in [1.54, 1.807) is 0 Å². The van der Waals surface area contributed by atoms with Gasteiger partial charge in [0.25, 0.3) is 5.56 Å². The molecule has 0 aromatic carbocycles. The van der Waals surface area contributed by atoms with Gasteiger partial charge in [0.05, 0.1) is 0 Å². The third kappa shape index (κ3) is 7.97. The van der Waals surface area contributed by atoms with Crippen LogP contribution in [0.2, 0.25) is 0 Å². The quantitative estimate of drug-likeness (QED) is 0.569. The Labute approximate surface area is 97.7 Å². The summed E-state index contributed by atoms with van der Waals surface area (Å²) in [6.07, 6.45) is 1.84. The zero-order valence-corrected chi connectivity index (χ0v) is 9.77. The maximum Gasteiger partial charge on any atom is 0.325 e. The number of carbonyl (C=O) groups is 1. The molecule has 0 amide bonds. The maximum atomic E-state index is 10.2. The van der Waals surface area contributed by atoms with Crippen LogP contribution in [0.25, 0.3) is 0 Å². The second-order valence-corrected chi connectivity index (χ2v) is 3.87. The van der Waals surface area contributed by atoms with Crippen LogP contribution < -0.4 is 17.0 Å². The summed E-state index contributed by atoms with van der Waals surface area (Å²) in [7, 11) is 0. The number of aliphatic carboxylic acids is 1. The Balaban J connectivity index is 0.000000302. The maximum absolute atomic E-state index is 10.2. The molecule has 1 unspecified atom stereocenters. The van der Waals surface area contributed by atoms with E-state index < -0.39 is 17.7 Å². The molecule has 0 bridgehead atoms. The van der Waals surface area contributed by atoms with Gasteiger partial charge in [0.1, 0.15) is 6.04 Å².